The van der Waals surface area contributed by atoms with Gasteiger partial charge in [0.1, 0.15) is 5.69 Å². The van der Waals surface area contributed by atoms with Crippen LogP contribution in [0.4, 0.5) is 24.5 Å². The maximum absolute atomic E-state index is 12.9. The average molecular weight is 493 g/mol. The Bertz CT molecular complexity index is 1100. The number of ether oxygens (including phenoxy) is 1. The molecule has 0 spiro atoms. The summed E-state index contributed by atoms with van der Waals surface area (Å²) < 4.78 is 43.7. The van der Waals surface area contributed by atoms with Gasteiger partial charge >= 0.3 is 12.1 Å². The molecule has 0 bridgehead atoms. The Hall–Kier alpha value is -3.96. The number of piperidine rings is 1. The van der Waals surface area contributed by atoms with Gasteiger partial charge in [-0.05, 0) is 30.5 Å². The predicted octanol–water partition coefficient (Wildman–Crippen LogP) is 3.26. The Morgan fingerprint density at radius 2 is 1.71 bits per heavy atom. The van der Waals surface area contributed by atoms with Crippen LogP contribution in [0.25, 0.3) is 0 Å². The van der Waals surface area contributed by atoms with E-state index in [0.717, 1.165) is 17.7 Å². The van der Waals surface area contributed by atoms with E-state index >= 15 is 0 Å². The number of alkyl halides is 3. The first-order chi connectivity index (χ1) is 16.5. The van der Waals surface area contributed by atoms with E-state index in [1.165, 1.54) is 4.90 Å². The Morgan fingerprint density at radius 3 is 2.31 bits per heavy atom. The molecule has 3 rings (SSSR count). The Labute approximate surface area is 198 Å². The van der Waals surface area contributed by atoms with E-state index in [1.807, 2.05) is 0 Å². The standard InChI is InChI=1S/C23H22F3N3O6/c24-23(25,26)17-6-7-18(19(13-17)29(33)34)28-10-8-16(9-11-28)22(32)35-14-21(31)27-20(30)12-15-4-2-1-3-5-15/h1-7,13,16H,8-12,14H2,(H,27,30,31). The van der Waals surface area contributed by atoms with Crippen molar-refractivity contribution >= 4 is 29.2 Å². The molecule has 0 saturated carbocycles. The van der Waals surface area contributed by atoms with E-state index in [4.69, 9.17) is 4.74 Å². The van der Waals surface area contributed by atoms with Gasteiger partial charge in [0.05, 0.1) is 22.8 Å². The molecule has 1 saturated heterocycles. The van der Waals surface area contributed by atoms with Gasteiger partial charge in [-0.25, -0.2) is 0 Å². The molecule has 2 aromatic rings. The molecular weight excluding hydrogens is 471 g/mol. The molecule has 0 atom stereocenters. The lowest BCUT2D eigenvalue weighted by Gasteiger charge is -2.32. The third kappa shape index (κ3) is 7.01. The van der Waals surface area contributed by atoms with Crippen LogP contribution in [-0.4, -0.2) is 42.4 Å². The maximum atomic E-state index is 12.9. The molecule has 12 heteroatoms. The first-order valence-corrected chi connectivity index (χ1v) is 10.7. The molecule has 1 N–H and O–H groups in total. The smallest absolute Gasteiger partial charge is 0.416 e. The van der Waals surface area contributed by atoms with Gasteiger partial charge in [0.15, 0.2) is 6.61 Å². The number of anilines is 1. The average Bonchev–Trinajstić information content (AvgIpc) is 2.82. The van der Waals surface area contributed by atoms with Gasteiger partial charge in [-0.1, -0.05) is 30.3 Å². The zero-order chi connectivity index (χ0) is 25.6. The number of nitro benzene ring substituents is 1. The quantitative estimate of drug-likeness (QED) is 0.357. The van der Waals surface area contributed by atoms with E-state index in [2.05, 4.69) is 5.32 Å². The minimum atomic E-state index is -4.71. The molecule has 35 heavy (non-hydrogen) atoms. The van der Waals surface area contributed by atoms with Gasteiger partial charge in [0.2, 0.25) is 5.91 Å². The van der Waals surface area contributed by atoms with Crippen LogP contribution in [-0.2, 0) is 31.7 Å². The molecule has 0 aliphatic carbocycles. The third-order valence-corrected chi connectivity index (χ3v) is 5.50. The highest BCUT2D eigenvalue weighted by Crippen LogP contribution is 2.37. The molecule has 2 aromatic carbocycles. The fourth-order valence-corrected chi connectivity index (χ4v) is 3.74. The second-order valence-electron chi connectivity index (χ2n) is 7.96. The first-order valence-electron chi connectivity index (χ1n) is 10.7. The molecule has 0 unspecified atom stereocenters. The summed E-state index contributed by atoms with van der Waals surface area (Å²) in [4.78, 5) is 48.1. The summed E-state index contributed by atoms with van der Waals surface area (Å²) in [6.45, 7) is -0.286. The van der Waals surface area contributed by atoms with Crippen molar-refractivity contribution in [2.45, 2.75) is 25.4 Å². The topological polar surface area (TPSA) is 119 Å². The molecule has 1 heterocycles. The number of halogens is 3. The Kier molecular flexibility index (Phi) is 8.05. The van der Waals surface area contributed by atoms with Crippen LogP contribution in [0.5, 0.6) is 0 Å². The molecule has 0 radical (unpaired) electrons. The molecule has 186 valence electrons. The van der Waals surface area contributed by atoms with Crippen molar-refractivity contribution in [3.8, 4) is 0 Å². The third-order valence-electron chi connectivity index (χ3n) is 5.50. The van der Waals surface area contributed by atoms with Crippen molar-refractivity contribution in [3.63, 3.8) is 0 Å². The predicted molar refractivity (Wildman–Crippen MR) is 117 cm³/mol. The van der Waals surface area contributed by atoms with E-state index < -0.39 is 52.7 Å². The Morgan fingerprint density at radius 1 is 1.06 bits per heavy atom. The number of rotatable bonds is 7. The number of amides is 2. The van der Waals surface area contributed by atoms with Gasteiger partial charge in [0, 0.05) is 19.2 Å². The van der Waals surface area contributed by atoms with Crippen molar-refractivity contribution in [2.24, 2.45) is 5.92 Å². The van der Waals surface area contributed by atoms with Gasteiger partial charge in [0.25, 0.3) is 11.6 Å². The summed E-state index contributed by atoms with van der Waals surface area (Å²) >= 11 is 0. The highest BCUT2D eigenvalue weighted by atomic mass is 19.4. The maximum Gasteiger partial charge on any atom is 0.416 e. The number of carbonyl (C=O) groups excluding carboxylic acids is 3. The first kappa shape index (κ1) is 25.7. The second kappa shape index (κ2) is 11.0. The van der Waals surface area contributed by atoms with Crippen molar-refractivity contribution < 1.29 is 37.2 Å². The monoisotopic (exact) mass is 493 g/mol. The highest BCUT2D eigenvalue weighted by molar-refractivity contribution is 5.97. The number of nitrogens with one attached hydrogen (secondary N) is 1. The SMILES string of the molecule is O=C(COC(=O)C1CCN(c2ccc(C(F)(F)F)cc2[N+](=O)[O-])CC1)NC(=O)Cc1ccccc1. The lowest BCUT2D eigenvalue weighted by molar-refractivity contribution is -0.384. The van der Waals surface area contributed by atoms with E-state index in [0.29, 0.717) is 6.07 Å². The molecule has 2 amide bonds. The molecule has 1 fully saturated rings. The number of nitro groups is 1. The molecule has 0 aromatic heterocycles. The van der Waals surface area contributed by atoms with Crippen molar-refractivity contribution in [3.05, 3.63) is 69.8 Å². The van der Waals surface area contributed by atoms with Crippen LogP contribution in [0.3, 0.4) is 0 Å². The summed E-state index contributed by atoms with van der Waals surface area (Å²) in [6.07, 6.45) is -4.26. The largest absolute Gasteiger partial charge is 0.455 e. The van der Waals surface area contributed by atoms with E-state index in [-0.39, 0.29) is 38.0 Å². The van der Waals surface area contributed by atoms with Gasteiger partial charge in [-0.3, -0.25) is 29.8 Å². The number of nitrogens with zero attached hydrogens (tertiary/aromatic N) is 2. The summed E-state index contributed by atoms with van der Waals surface area (Å²) in [5, 5.41) is 13.5. The summed E-state index contributed by atoms with van der Waals surface area (Å²) in [5.41, 5.74) is -1.04. The van der Waals surface area contributed by atoms with Gasteiger partial charge in [-0.2, -0.15) is 13.2 Å². The lowest BCUT2D eigenvalue weighted by Crippen LogP contribution is -2.39. The number of carbonyl (C=O) groups is 3. The molecule has 1 aliphatic rings. The highest BCUT2D eigenvalue weighted by Gasteiger charge is 2.35. The van der Waals surface area contributed by atoms with Crippen LogP contribution in [0.15, 0.2) is 48.5 Å². The van der Waals surface area contributed by atoms with Crippen LogP contribution in [0.1, 0.15) is 24.0 Å². The lowest BCUT2D eigenvalue weighted by atomic mass is 9.96. The van der Waals surface area contributed by atoms with Crippen molar-refractivity contribution in [1.29, 1.82) is 0 Å². The van der Waals surface area contributed by atoms with Crippen molar-refractivity contribution in [1.82, 2.24) is 5.32 Å². The summed E-state index contributed by atoms with van der Waals surface area (Å²) in [7, 11) is 0. The van der Waals surface area contributed by atoms with Crippen LogP contribution < -0.4 is 10.2 Å². The number of imide groups is 1. The fourth-order valence-electron chi connectivity index (χ4n) is 3.74. The summed E-state index contributed by atoms with van der Waals surface area (Å²) in [5.74, 6) is -2.55. The normalized spacial score (nSPS) is 14.3. The number of hydrogen-bond acceptors (Lipinski definition) is 7. The molecular formula is C23H22F3N3O6. The summed E-state index contributed by atoms with van der Waals surface area (Å²) in [6, 6.07) is 11.1. The van der Waals surface area contributed by atoms with Crippen LogP contribution >= 0.6 is 0 Å². The minimum absolute atomic E-state index is 0.00489. The molecule has 1 aliphatic heterocycles. The zero-order valence-electron chi connectivity index (χ0n) is 18.4. The zero-order valence-corrected chi connectivity index (χ0v) is 18.4. The van der Waals surface area contributed by atoms with E-state index in [9.17, 15) is 37.7 Å². The van der Waals surface area contributed by atoms with Crippen molar-refractivity contribution in [2.75, 3.05) is 24.6 Å². The number of esters is 1. The second-order valence-corrected chi connectivity index (χ2v) is 7.96. The fraction of sp³-hybridized carbons (Fsp3) is 0.348. The number of benzene rings is 2. The minimum Gasteiger partial charge on any atom is -0.455 e. The van der Waals surface area contributed by atoms with Gasteiger partial charge < -0.3 is 9.64 Å². The van der Waals surface area contributed by atoms with Gasteiger partial charge in [-0.15, -0.1) is 0 Å². The van der Waals surface area contributed by atoms with Crippen LogP contribution in [0, 0.1) is 16.0 Å². The molecule has 9 nitrogen and oxygen atoms in total. The van der Waals surface area contributed by atoms with E-state index in [1.54, 1.807) is 30.3 Å². The number of hydrogen-bond donors (Lipinski definition) is 1. The van der Waals surface area contributed by atoms with Crippen LogP contribution in [0.2, 0.25) is 0 Å². The Balaban J connectivity index is 1.49.